The third-order valence-electron chi connectivity index (χ3n) is 2.88. The first kappa shape index (κ1) is 14.6. The number of anilines is 1. The molecule has 0 aliphatic rings. The van der Waals surface area contributed by atoms with Gasteiger partial charge in [0.05, 0.1) is 0 Å². The molecule has 3 nitrogen and oxygen atoms in total. The molecular weight excluding hydrogens is 316 g/mol. The van der Waals surface area contributed by atoms with Crippen LogP contribution in [0.15, 0.2) is 46.9 Å². The predicted molar refractivity (Wildman–Crippen MR) is 85.9 cm³/mol. The zero-order valence-corrected chi connectivity index (χ0v) is 13.1. The lowest BCUT2D eigenvalue weighted by Crippen LogP contribution is -2.28. The molecule has 2 rings (SSSR count). The van der Waals surface area contributed by atoms with Crippen molar-refractivity contribution in [2.24, 2.45) is 0 Å². The highest BCUT2D eigenvalue weighted by molar-refractivity contribution is 9.10. The SMILES string of the molecule is Cc1cc(C)cc(NC(=O)NCc2ccccc2Br)c1. The summed E-state index contributed by atoms with van der Waals surface area (Å²) in [5.74, 6) is 0. The standard InChI is InChI=1S/C16H17BrN2O/c1-11-7-12(2)9-14(8-11)19-16(20)18-10-13-5-3-4-6-15(13)17/h3-9H,10H2,1-2H3,(H2,18,19,20). The van der Waals surface area contributed by atoms with E-state index in [4.69, 9.17) is 0 Å². The van der Waals surface area contributed by atoms with E-state index in [1.165, 1.54) is 0 Å². The molecular formula is C16H17BrN2O. The Labute approximate surface area is 127 Å². The van der Waals surface area contributed by atoms with Crippen molar-refractivity contribution < 1.29 is 4.79 Å². The molecule has 2 amide bonds. The molecule has 2 aromatic rings. The van der Waals surface area contributed by atoms with Gasteiger partial charge in [-0.15, -0.1) is 0 Å². The summed E-state index contributed by atoms with van der Waals surface area (Å²) in [5.41, 5.74) is 4.12. The van der Waals surface area contributed by atoms with Gasteiger partial charge in [0.2, 0.25) is 0 Å². The highest BCUT2D eigenvalue weighted by Crippen LogP contribution is 2.16. The first-order chi connectivity index (χ1) is 9.54. The summed E-state index contributed by atoms with van der Waals surface area (Å²) >= 11 is 3.46. The van der Waals surface area contributed by atoms with Crippen molar-refractivity contribution in [2.45, 2.75) is 20.4 Å². The van der Waals surface area contributed by atoms with Gasteiger partial charge in [0, 0.05) is 16.7 Å². The Hall–Kier alpha value is -1.81. The van der Waals surface area contributed by atoms with E-state index in [2.05, 4.69) is 32.6 Å². The summed E-state index contributed by atoms with van der Waals surface area (Å²) in [6, 6.07) is 13.6. The zero-order chi connectivity index (χ0) is 14.5. The quantitative estimate of drug-likeness (QED) is 0.859. The van der Waals surface area contributed by atoms with Gasteiger partial charge in [0.1, 0.15) is 0 Å². The van der Waals surface area contributed by atoms with E-state index in [9.17, 15) is 4.79 Å². The summed E-state index contributed by atoms with van der Waals surface area (Å²) in [7, 11) is 0. The summed E-state index contributed by atoms with van der Waals surface area (Å²) < 4.78 is 0.992. The Bertz CT molecular complexity index is 605. The predicted octanol–water partition coefficient (Wildman–Crippen LogP) is 4.39. The van der Waals surface area contributed by atoms with E-state index < -0.39 is 0 Å². The van der Waals surface area contributed by atoms with E-state index in [-0.39, 0.29) is 6.03 Å². The van der Waals surface area contributed by atoms with Gasteiger partial charge in [0.25, 0.3) is 0 Å². The molecule has 0 saturated carbocycles. The second-order valence-corrected chi connectivity index (χ2v) is 5.63. The molecule has 20 heavy (non-hydrogen) atoms. The molecule has 0 heterocycles. The minimum Gasteiger partial charge on any atom is -0.334 e. The third kappa shape index (κ3) is 4.10. The Morgan fingerprint density at radius 1 is 1.10 bits per heavy atom. The molecule has 0 aromatic heterocycles. The number of amides is 2. The maximum absolute atomic E-state index is 11.9. The van der Waals surface area contributed by atoms with Gasteiger partial charge in [-0.2, -0.15) is 0 Å². The number of hydrogen-bond donors (Lipinski definition) is 2. The largest absolute Gasteiger partial charge is 0.334 e. The average molecular weight is 333 g/mol. The van der Waals surface area contributed by atoms with Crippen LogP contribution in [0.5, 0.6) is 0 Å². The summed E-state index contributed by atoms with van der Waals surface area (Å²) in [5, 5.41) is 5.70. The third-order valence-corrected chi connectivity index (χ3v) is 3.65. The van der Waals surface area contributed by atoms with Crippen LogP contribution in [0.25, 0.3) is 0 Å². The Balaban J connectivity index is 1.94. The molecule has 2 N–H and O–H groups in total. The lowest BCUT2D eigenvalue weighted by Gasteiger charge is -2.10. The van der Waals surface area contributed by atoms with Gasteiger partial charge in [-0.1, -0.05) is 40.2 Å². The van der Waals surface area contributed by atoms with E-state index in [0.717, 1.165) is 26.9 Å². The molecule has 104 valence electrons. The fraction of sp³-hybridized carbons (Fsp3) is 0.188. The number of urea groups is 1. The van der Waals surface area contributed by atoms with Gasteiger partial charge in [-0.3, -0.25) is 0 Å². The molecule has 0 fully saturated rings. The fourth-order valence-corrected chi connectivity index (χ4v) is 2.46. The van der Waals surface area contributed by atoms with Crippen LogP contribution in [0.4, 0.5) is 10.5 Å². The van der Waals surface area contributed by atoms with E-state index in [1.807, 2.05) is 50.2 Å². The van der Waals surface area contributed by atoms with Crippen LogP contribution in [0.3, 0.4) is 0 Å². The second kappa shape index (κ2) is 6.57. The number of nitrogens with one attached hydrogen (secondary N) is 2. The van der Waals surface area contributed by atoms with Crippen LogP contribution in [0.2, 0.25) is 0 Å². The molecule has 2 aromatic carbocycles. The number of rotatable bonds is 3. The number of hydrogen-bond acceptors (Lipinski definition) is 1. The van der Waals surface area contributed by atoms with Crippen molar-refractivity contribution in [3.05, 3.63) is 63.6 Å². The molecule has 0 bridgehead atoms. The van der Waals surface area contributed by atoms with Gasteiger partial charge in [0.15, 0.2) is 0 Å². The minimum atomic E-state index is -0.203. The number of benzene rings is 2. The molecule has 0 atom stereocenters. The van der Waals surface area contributed by atoms with Crippen LogP contribution in [0, 0.1) is 13.8 Å². The van der Waals surface area contributed by atoms with Gasteiger partial charge < -0.3 is 10.6 Å². The van der Waals surface area contributed by atoms with Crippen molar-refractivity contribution in [2.75, 3.05) is 5.32 Å². The lowest BCUT2D eigenvalue weighted by molar-refractivity contribution is 0.251. The topological polar surface area (TPSA) is 41.1 Å². The normalized spacial score (nSPS) is 10.2. The molecule has 4 heteroatoms. The van der Waals surface area contributed by atoms with Crippen molar-refractivity contribution in [1.29, 1.82) is 0 Å². The smallest absolute Gasteiger partial charge is 0.319 e. The average Bonchev–Trinajstić information content (AvgIpc) is 2.36. The van der Waals surface area contributed by atoms with E-state index in [0.29, 0.717) is 6.54 Å². The highest BCUT2D eigenvalue weighted by Gasteiger charge is 2.04. The maximum Gasteiger partial charge on any atom is 0.319 e. The van der Waals surface area contributed by atoms with E-state index in [1.54, 1.807) is 0 Å². The maximum atomic E-state index is 11.9. The minimum absolute atomic E-state index is 0.203. The number of carbonyl (C=O) groups excluding carboxylic acids is 1. The van der Waals surface area contributed by atoms with Crippen LogP contribution < -0.4 is 10.6 Å². The van der Waals surface area contributed by atoms with Crippen LogP contribution in [-0.4, -0.2) is 6.03 Å². The Kier molecular flexibility index (Phi) is 4.79. The molecule has 0 spiro atoms. The van der Waals surface area contributed by atoms with Crippen molar-refractivity contribution in [3.8, 4) is 0 Å². The van der Waals surface area contributed by atoms with Crippen molar-refractivity contribution in [1.82, 2.24) is 5.32 Å². The van der Waals surface area contributed by atoms with Crippen LogP contribution in [0.1, 0.15) is 16.7 Å². The van der Waals surface area contributed by atoms with Crippen LogP contribution in [-0.2, 0) is 6.54 Å². The van der Waals surface area contributed by atoms with Gasteiger partial charge >= 0.3 is 6.03 Å². The summed E-state index contributed by atoms with van der Waals surface area (Å²) in [4.78, 5) is 11.9. The van der Waals surface area contributed by atoms with Gasteiger partial charge in [-0.05, 0) is 48.7 Å². The first-order valence-electron chi connectivity index (χ1n) is 6.41. The fourth-order valence-electron chi connectivity index (χ4n) is 2.04. The summed E-state index contributed by atoms with van der Waals surface area (Å²) in [6.45, 7) is 4.51. The zero-order valence-electron chi connectivity index (χ0n) is 11.5. The number of aryl methyl sites for hydroxylation is 2. The van der Waals surface area contributed by atoms with Crippen molar-refractivity contribution >= 4 is 27.6 Å². The molecule has 0 aliphatic heterocycles. The Morgan fingerprint density at radius 3 is 2.40 bits per heavy atom. The number of carbonyl (C=O) groups is 1. The van der Waals surface area contributed by atoms with Gasteiger partial charge in [-0.25, -0.2) is 4.79 Å². The lowest BCUT2D eigenvalue weighted by atomic mass is 10.1. The second-order valence-electron chi connectivity index (χ2n) is 4.78. The first-order valence-corrected chi connectivity index (χ1v) is 7.20. The molecule has 0 saturated heterocycles. The van der Waals surface area contributed by atoms with Crippen molar-refractivity contribution in [3.63, 3.8) is 0 Å². The molecule has 0 radical (unpaired) electrons. The summed E-state index contributed by atoms with van der Waals surface area (Å²) in [6.07, 6.45) is 0. The molecule has 0 aliphatic carbocycles. The highest BCUT2D eigenvalue weighted by atomic mass is 79.9. The van der Waals surface area contributed by atoms with Crippen LogP contribution >= 0.6 is 15.9 Å². The van der Waals surface area contributed by atoms with E-state index >= 15 is 0 Å². The molecule has 0 unspecified atom stereocenters. The monoisotopic (exact) mass is 332 g/mol. The Morgan fingerprint density at radius 2 is 1.75 bits per heavy atom. The number of halogens is 1.